The van der Waals surface area contributed by atoms with Gasteiger partial charge in [0.25, 0.3) is 0 Å². The van der Waals surface area contributed by atoms with Gasteiger partial charge < -0.3 is 0 Å². The Morgan fingerprint density at radius 2 is 2.12 bits per heavy atom. The summed E-state index contributed by atoms with van der Waals surface area (Å²) in [4.78, 5) is 0. The van der Waals surface area contributed by atoms with Gasteiger partial charge in [0, 0.05) is 30.6 Å². The van der Waals surface area contributed by atoms with Gasteiger partial charge in [-0.25, -0.2) is 4.52 Å². The Morgan fingerprint density at radius 3 is 2.82 bits per heavy atom. The number of hydrogen-bond acceptors (Lipinski definition) is 2. The molecule has 0 unspecified atom stereocenters. The topological polar surface area (TPSA) is 35.1 Å². The maximum Gasteiger partial charge on any atom is 0.136 e. The van der Waals surface area contributed by atoms with Gasteiger partial charge in [0.1, 0.15) is 5.69 Å². The third-order valence-corrected chi connectivity index (χ3v) is 2.65. The lowest BCUT2D eigenvalue weighted by Crippen LogP contribution is -1.88. The molecule has 4 heteroatoms. The van der Waals surface area contributed by atoms with Crippen molar-refractivity contribution in [1.82, 2.24) is 19.4 Å². The average molecular weight is 222 g/mol. The molecule has 0 saturated carbocycles. The Hall–Kier alpha value is -2.54. The van der Waals surface area contributed by atoms with Crippen LogP contribution in [-0.4, -0.2) is 19.4 Å². The minimum absolute atomic E-state index is 0.647. The van der Waals surface area contributed by atoms with E-state index in [1.165, 1.54) is 0 Å². The van der Waals surface area contributed by atoms with Crippen LogP contribution in [0.15, 0.2) is 36.8 Å². The highest BCUT2D eigenvalue weighted by molar-refractivity contribution is 5.64. The van der Waals surface area contributed by atoms with E-state index in [0.717, 1.165) is 16.6 Å². The van der Waals surface area contributed by atoms with Gasteiger partial charge in [-0.15, -0.1) is 6.42 Å². The SMILES string of the molecule is C#Cc1cc2ccc(-c3cnn(C)c3)cn2n1. The van der Waals surface area contributed by atoms with Crippen LogP contribution in [0.3, 0.4) is 0 Å². The third-order valence-electron chi connectivity index (χ3n) is 2.65. The highest BCUT2D eigenvalue weighted by atomic mass is 15.2. The molecule has 0 N–H and O–H groups in total. The van der Waals surface area contributed by atoms with Crippen LogP contribution in [0.25, 0.3) is 16.6 Å². The number of hydrogen-bond donors (Lipinski definition) is 0. The molecule has 4 nitrogen and oxygen atoms in total. The lowest BCUT2D eigenvalue weighted by atomic mass is 10.1. The molecule has 0 aromatic carbocycles. The molecule has 0 saturated heterocycles. The first-order valence-electron chi connectivity index (χ1n) is 5.21. The van der Waals surface area contributed by atoms with E-state index in [9.17, 15) is 0 Å². The van der Waals surface area contributed by atoms with Crippen LogP contribution >= 0.6 is 0 Å². The Kier molecular flexibility index (Phi) is 1.99. The molecule has 0 aliphatic carbocycles. The summed E-state index contributed by atoms with van der Waals surface area (Å²) in [6.07, 6.45) is 11.1. The van der Waals surface area contributed by atoms with Crippen molar-refractivity contribution in [3.63, 3.8) is 0 Å². The standard InChI is InChI=1S/C13H10N4/c1-3-12-6-13-5-4-10(9-17(13)15-12)11-7-14-16(2)8-11/h1,4-9H,2H3. The van der Waals surface area contributed by atoms with Crippen molar-refractivity contribution >= 4 is 5.52 Å². The summed E-state index contributed by atoms with van der Waals surface area (Å²) >= 11 is 0. The van der Waals surface area contributed by atoms with Crippen LogP contribution < -0.4 is 0 Å². The predicted molar refractivity (Wildman–Crippen MR) is 65.3 cm³/mol. The number of pyridine rings is 1. The molecular weight excluding hydrogens is 212 g/mol. The smallest absolute Gasteiger partial charge is 0.136 e. The van der Waals surface area contributed by atoms with Gasteiger partial charge in [-0.2, -0.15) is 10.2 Å². The van der Waals surface area contributed by atoms with E-state index in [1.807, 2.05) is 43.8 Å². The van der Waals surface area contributed by atoms with E-state index in [0.29, 0.717) is 5.69 Å². The van der Waals surface area contributed by atoms with Gasteiger partial charge in [0.15, 0.2) is 0 Å². The zero-order chi connectivity index (χ0) is 11.8. The van der Waals surface area contributed by atoms with Crippen molar-refractivity contribution in [2.45, 2.75) is 0 Å². The summed E-state index contributed by atoms with van der Waals surface area (Å²) < 4.78 is 3.56. The van der Waals surface area contributed by atoms with E-state index in [2.05, 4.69) is 16.1 Å². The van der Waals surface area contributed by atoms with Crippen LogP contribution in [0.4, 0.5) is 0 Å². The Balaban J connectivity index is 2.16. The number of rotatable bonds is 1. The van der Waals surface area contributed by atoms with E-state index < -0.39 is 0 Å². The summed E-state index contributed by atoms with van der Waals surface area (Å²) in [6.45, 7) is 0. The molecule has 0 spiro atoms. The van der Waals surface area contributed by atoms with Crippen LogP contribution in [0.5, 0.6) is 0 Å². The number of nitrogens with zero attached hydrogens (tertiary/aromatic N) is 4. The van der Waals surface area contributed by atoms with E-state index >= 15 is 0 Å². The highest BCUT2D eigenvalue weighted by Crippen LogP contribution is 2.19. The van der Waals surface area contributed by atoms with Crippen LogP contribution in [0.1, 0.15) is 5.69 Å². The maximum absolute atomic E-state index is 5.33. The van der Waals surface area contributed by atoms with Crippen molar-refractivity contribution < 1.29 is 0 Å². The first-order valence-corrected chi connectivity index (χ1v) is 5.21. The zero-order valence-electron chi connectivity index (χ0n) is 9.33. The molecule has 0 aliphatic heterocycles. The number of terminal acetylenes is 1. The lowest BCUT2D eigenvalue weighted by molar-refractivity contribution is 0.768. The quantitative estimate of drug-likeness (QED) is 0.587. The van der Waals surface area contributed by atoms with Gasteiger partial charge in [0.05, 0.1) is 11.7 Å². The zero-order valence-corrected chi connectivity index (χ0v) is 9.33. The largest absolute Gasteiger partial charge is 0.275 e. The molecule has 0 amide bonds. The second-order valence-corrected chi connectivity index (χ2v) is 3.86. The molecule has 0 radical (unpaired) electrons. The molecule has 3 aromatic heterocycles. The van der Waals surface area contributed by atoms with Gasteiger partial charge in [-0.05, 0) is 18.1 Å². The predicted octanol–water partition coefficient (Wildman–Crippen LogP) is 1.72. The summed E-state index contributed by atoms with van der Waals surface area (Å²) in [5.74, 6) is 2.53. The van der Waals surface area contributed by atoms with Crippen molar-refractivity contribution in [3.8, 4) is 23.5 Å². The second kappa shape index (κ2) is 3.49. The fourth-order valence-corrected chi connectivity index (χ4v) is 1.80. The Morgan fingerprint density at radius 1 is 1.24 bits per heavy atom. The first kappa shape index (κ1) is 9.67. The Labute approximate surface area is 98.5 Å². The second-order valence-electron chi connectivity index (χ2n) is 3.86. The minimum atomic E-state index is 0.647. The summed E-state index contributed by atoms with van der Waals surface area (Å²) in [5.41, 5.74) is 3.77. The normalized spacial score (nSPS) is 10.6. The molecule has 3 aromatic rings. The van der Waals surface area contributed by atoms with E-state index in [1.54, 1.807) is 9.20 Å². The van der Waals surface area contributed by atoms with Crippen molar-refractivity contribution in [2.24, 2.45) is 7.05 Å². The molecule has 0 fully saturated rings. The number of aryl methyl sites for hydroxylation is 1. The van der Waals surface area contributed by atoms with Gasteiger partial charge in [-0.1, -0.05) is 6.07 Å². The molecule has 3 heterocycles. The van der Waals surface area contributed by atoms with Gasteiger partial charge in [-0.3, -0.25) is 4.68 Å². The van der Waals surface area contributed by atoms with Gasteiger partial charge >= 0.3 is 0 Å². The van der Waals surface area contributed by atoms with E-state index in [-0.39, 0.29) is 0 Å². The summed E-state index contributed by atoms with van der Waals surface area (Å²) in [6, 6.07) is 5.91. The monoisotopic (exact) mass is 222 g/mol. The third kappa shape index (κ3) is 1.58. The van der Waals surface area contributed by atoms with Crippen molar-refractivity contribution in [2.75, 3.05) is 0 Å². The number of aromatic nitrogens is 4. The summed E-state index contributed by atoms with van der Waals surface area (Å²) in [5, 5.41) is 8.43. The van der Waals surface area contributed by atoms with Crippen molar-refractivity contribution in [1.29, 1.82) is 0 Å². The maximum atomic E-state index is 5.33. The van der Waals surface area contributed by atoms with Crippen molar-refractivity contribution in [3.05, 3.63) is 42.5 Å². The van der Waals surface area contributed by atoms with Crippen LogP contribution in [-0.2, 0) is 7.05 Å². The highest BCUT2D eigenvalue weighted by Gasteiger charge is 2.03. The molecule has 82 valence electrons. The molecule has 3 rings (SSSR count). The Bertz CT molecular complexity index is 727. The fraction of sp³-hybridized carbons (Fsp3) is 0.0769. The molecule has 0 bridgehead atoms. The number of fused-ring (bicyclic) bond motifs is 1. The molecular formula is C13H10N4. The average Bonchev–Trinajstić information content (AvgIpc) is 2.93. The lowest BCUT2D eigenvalue weighted by Gasteiger charge is -1.98. The summed E-state index contributed by atoms with van der Waals surface area (Å²) in [7, 11) is 1.90. The molecule has 0 aliphatic rings. The fourth-order valence-electron chi connectivity index (χ4n) is 1.80. The molecule has 0 atom stereocenters. The minimum Gasteiger partial charge on any atom is -0.275 e. The van der Waals surface area contributed by atoms with Crippen LogP contribution in [0, 0.1) is 12.3 Å². The van der Waals surface area contributed by atoms with E-state index in [4.69, 9.17) is 6.42 Å². The molecule has 17 heavy (non-hydrogen) atoms. The van der Waals surface area contributed by atoms with Crippen LogP contribution in [0.2, 0.25) is 0 Å². The first-order chi connectivity index (χ1) is 8.26. The van der Waals surface area contributed by atoms with Gasteiger partial charge in [0.2, 0.25) is 0 Å².